The number of aliphatic carboxylic acids is 1. The van der Waals surface area contributed by atoms with Gasteiger partial charge in [0.1, 0.15) is 12.1 Å². The molecular formula is C47H84N2O7. The fourth-order valence-corrected chi connectivity index (χ4v) is 6.54. The van der Waals surface area contributed by atoms with E-state index in [2.05, 4.69) is 54.9 Å². The number of carbonyl (C=O) groups excluding carboxylic acids is 3. The number of ether oxygens (including phenoxy) is 1. The van der Waals surface area contributed by atoms with Gasteiger partial charge in [-0.3, -0.25) is 14.4 Å². The second-order valence-corrected chi connectivity index (χ2v) is 15.5. The lowest BCUT2D eigenvalue weighted by Crippen LogP contribution is -2.47. The molecule has 0 fully saturated rings. The van der Waals surface area contributed by atoms with Crippen molar-refractivity contribution in [1.29, 1.82) is 0 Å². The van der Waals surface area contributed by atoms with Crippen molar-refractivity contribution in [1.82, 2.24) is 10.6 Å². The number of allylic oxidation sites excluding steroid dienone is 5. The third-order valence-corrected chi connectivity index (χ3v) is 10.1. The zero-order chi connectivity index (χ0) is 41.2. The van der Waals surface area contributed by atoms with E-state index < -0.39 is 24.5 Å². The van der Waals surface area contributed by atoms with Crippen molar-refractivity contribution in [2.75, 3.05) is 13.2 Å². The molecule has 0 aromatic rings. The minimum absolute atomic E-state index is 0.129. The van der Waals surface area contributed by atoms with E-state index in [0.29, 0.717) is 12.8 Å². The Labute approximate surface area is 342 Å². The quantitative estimate of drug-likeness (QED) is 0.0274. The number of aliphatic hydroxyl groups is 1. The summed E-state index contributed by atoms with van der Waals surface area (Å²) in [5.41, 5.74) is 0. The number of carbonyl (C=O) groups is 4. The van der Waals surface area contributed by atoms with Gasteiger partial charge in [-0.1, -0.05) is 160 Å². The van der Waals surface area contributed by atoms with Crippen LogP contribution in [0.4, 0.5) is 0 Å². The van der Waals surface area contributed by atoms with Gasteiger partial charge in [0.25, 0.3) is 0 Å². The smallest absolute Gasteiger partial charge is 0.328 e. The number of hydrogen-bond donors (Lipinski definition) is 4. The topological polar surface area (TPSA) is 142 Å². The summed E-state index contributed by atoms with van der Waals surface area (Å²) in [5, 5.41) is 22.5. The van der Waals surface area contributed by atoms with Crippen LogP contribution in [0.15, 0.2) is 36.5 Å². The Bertz CT molecular complexity index is 1040. The Hall–Kier alpha value is -2.94. The SMILES string of the molecule is CCCCC/C=C\C/C=C\C(CCCCCCC(=O)NCC(=O)NC(CO)C(=O)O)OC(=O)CCCCCCCCCCC/C=C\CCCCCCCCCC. The number of nitrogens with one attached hydrogen (secondary N) is 2. The summed E-state index contributed by atoms with van der Waals surface area (Å²) in [6, 6.07) is -1.39. The lowest BCUT2D eigenvalue weighted by Gasteiger charge is -2.15. The fourth-order valence-electron chi connectivity index (χ4n) is 6.54. The van der Waals surface area contributed by atoms with Crippen LogP contribution in [0.3, 0.4) is 0 Å². The highest BCUT2D eigenvalue weighted by atomic mass is 16.5. The van der Waals surface area contributed by atoms with Gasteiger partial charge in [0.15, 0.2) is 0 Å². The van der Waals surface area contributed by atoms with Crippen LogP contribution in [-0.2, 0) is 23.9 Å². The van der Waals surface area contributed by atoms with Crippen LogP contribution in [0, 0.1) is 0 Å². The van der Waals surface area contributed by atoms with Gasteiger partial charge in [-0.25, -0.2) is 4.79 Å². The molecule has 2 atom stereocenters. The Morgan fingerprint density at radius 1 is 0.554 bits per heavy atom. The normalized spacial score (nSPS) is 12.8. The molecular weight excluding hydrogens is 705 g/mol. The number of rotatable bonds is 41. The van der Waals surface area contributed by atoms with Gasteiger partial charge < -0.3 is 25.6 Å². The van der Waals surface area contributed by atoms with Crippen molar-refractivity contribution < 1.29 is 34.1 Å². The minimum atomic E-state index is -1.39. The van der Waals surface area contributed by atoms with E-state index in [9.17, 15) is 19.2 Å². The molecule has 4 N–H and O–H groups in total. The predicted octanol–water partition coefficient (Wildman–Crippen LogP) is 11.4. The molecule has 0 radical (unpaired) electrons. The summed E-state index contributed by atoms with van der Waals surface area (Å²) in [6.07, 6.45) is 47.8. The highest BCUT2D eigenvalue weighted by Crippen LogP contribution is 2.16. The van der Waals surface area contributed by atoms with Crippen LogP contribution in [0.1, 0.15) is 213 Å². The van der Waals surface area contributed by atoms with Crippen molar-refractivity contribution in [2.24, 2.45) is 0 Å². The summed E-state index contributed by atoms with van der Waals surface area (Å²) >= 11 is 0. The zero-order valence-electron chi connectivity index (χ0n) is 35.9. The summed E-state index contributed by atoms with van der Waals surface area (Å²) in [7, 11) is 0. The van der Waals surface area contributed by atoms with Crippen molar-refractivity contribution >= 4 is 23.8 Å². The van der Waals surface area contributed by atoms with Crippen LogP contribution >= 0.6 is 0 Å². The molecule has 9 nitrogen and oxygen atoms in total. The van der Waals surface area contributed by atoms with Gasteiger partial charge in [0.2, 0.25) is 11.8 Å². The number of hydrogen-bond acceptors (Lipinski definition) is 6. The first kappa shape index (κ1) is 53.1. The first-order valence-electron chi connectivity index (χ1n) is 22.9. The summed E-state index contributed by atoms with van der Waals surface area (Å²) in [5.74, 6) is -2.42. The van der Waals surface area contributed by atoms with E-state index in [0.717, 1.165) is 51.4 Å². The van der Waals surface area contributed by atoms with E-state index in [1.54, 1.807) is 0 Å². The molecule has 0 rings (SSSR count). The Morgan fingerprint density at radius 3 is 1.57 bits per heavy atom. The Kier molecular flexibility index (Phi) is 39.5. The van der Waals surface area contributed by atoms with E-state index in [1.807, 2.05) is 6.08 Å². The van der Waals surface area contributed by atoms with Crippen molar-refractivity contribution in [3.63, 3.8) is 0 Å². The van der Waals surface area contributed by atoms with Crippen molar-refractivity contribution in [2.45, 2.75) is 225 Å². The molecule has 324 valence electrons. The molecule has 0 aliphatic carbocycles. The summed E-state index contributed by atoms with van der Waals surface area (Å²) < 4.78 is 5.89. The molecule has 0 saturated carbocycles. The van der Waals surface area contributed by atoms with Crippen LogP contribution < -0.4 is 10.6 Å². The number of amides is 2. The average molecular weight is 789 g/mol. The van der Waals surface area contributed by atoms with Crippen molar-refractivity contribution in [3.8, 4) is 0 Å². The summed E-state index contributed by atoms with van der Waals surface area (Å²) in [6.45, 7) is 3.42. The van der Waals surface area contributed by atoms with Crippen LogP contribution in [0.25, 0.3) is 0 Å². The minimum Gasteiger partial charge on any atom is -0.480 e. The molecule has 0 spiro atoms. The standard InChI is InChI=1S/C47H84N2O7/c1-3-5-7-9-11-13-14-15-16-17-18-19-20-21-22-23-24-25-27-29-35-39-46(53)56-42(36-32-28-26-12-10-8-6-4-2)37-33-30-31-34-38-44(51)48-40-45(52)49-43(41-50)47(54)55/h12,17-18,26,32,36,42-43,50H,3-11,13-16,19-25,27-31,33-35,37-41H2,1-2H3,(H,48,51)(H,49,52)(H,54,55)/b18-17-,26-12-,36-32-. The number of esters is 1. The lowest BCUT2D eigenvalue weighted by atomic mass is 10.0. The molecule has 0 aromatic heterocycles. The maximum atomic E-state index is 12.7. The Morgan fingerprint density at radius 2 is 1.02 bits per heavy atom. The lowest BCUT2D eigenvalue weighted by molar-refractivity contribution is -0.147. The van der Waals surface area contributed by atoms with Gasteiger partial charge in [-0.05, 0) is 76.7 Å². The van der Waals surface area contributed by atoms with Crippen LogP contribution in [-0.4, -0.2) is 59.3 Å². The van der Waals surface area contributed by atoms with Gasteiger partial charge in [0, 0.05) is 12.8 Å². The molecule has 0 aliphatic rings. The number of aliphatic hydroxyl groups excluding tert-OH is 1. The molecule has 2 amide bonds. The van der Waals surface area contributed by atoms with E-state index >= 15 is 0 Å². The molecule has 2 unspecified atom stereocenters. The number of carboxylic acids is 1. The van der Waals surface area contributed by atoms with Crippen LogP contribution in [0.5, 0.6) is 0 Å². The number of unbranched alkanes of at least 4 members (excludes halogenated alkanes) is 23. The largest absolute Gasteiger partial charge is 0.480 e. The molecule has 0 aromatic carbocycles. The third-order valence-electron chi connectivity index (χ3n) is 10.1. The van der Waals surface area contributed by atoms with Gasteiger partial charge in [-0.15, -0.1) is 0 Å². The molecule has 9 heteroatoms. The van der Waals surface area contributed by atoms with E-state index in [-0.39, 0.29) is 30.9 Å². The molecule has 0 saturated heterocycles. The molecule has 0 bridgehead atoms. The number of carboxylic acid groups (broad SMARTS) is 1. The fraction of sp³-hybridized carbons (Fsp3) is 0.787. The monoisotopic (exact) mass is 789 g/mol. The van der Waals surface area contributed by atoms with Gasteiger partial charge in [-0.2, -0.15) is 0 Å². The molecule has 0 heterocycles. The highest BCUT2D eigenvalue weighted by Gasteiger charge is 2.18. The van der Waals surface area contributed by atoms with E-state index in [1.165, 1.54) is 128 Å². The maximum absolute atomic E-state index is 12.7. The first-order valence-corrected chi connectivity index (χ1v) is 22.9. The molecule has 0 aliphatic heterocycles. The average Bonchev–Trinajstić information content (AvgIpc) is 3.18. The third kappa shape index (κ3) is 38.0. The maximum Gasteiger partial charge on any atom is 0.328 e. The Balaban J connectivity index is 4.17. The van der Waals surface area contributed by atoms with E-state index in [4.69, 9.17) is 14.9 Å². The second kappa shape index (κ2) is 41.7. The summed E-state index contributed by atoms with van der Waals surface area (Å²) in [4.78, 5) is 47.5. The van der Waals surface area contributed by atoms with Crippen molar-refractivity contribution in [3.05, 3.63) is 36.5 Å². The van der Waals surface area contributed by atoms with Gasteiger partial charge in [0.05, 0.1) is 13.2 Å². The van der Waals surface area contributed by atoms with Gasteiger partial charge >= 0.3 is 11.9 Å². The molecule has 56 heavy (non-hydrogen) atoms. The van der Waals surface area contributed by atoms with Crippen LogP contribution in [0.2, 0.25) is 0 Å². The second-order valence-electron chi connectivity index (χ2n) is 15.5. The highest BCUT2D eigenvalue weighted by molar-refractivity contribution is 5.87. The predicted molar refractivity (Wildman–Crippen MR) is 231 cm³/mol. The first-order chi connectivity index (χ1) is 27.3. The zero-order valence-corrected chi connectivity index (χ0v) is 35.9.